The summed E-state index contributed by atoms with van der Waals surface area (Å²) in [4.78, 5) is 11.1. The second-order valence-electron chi connectivity index (χ2n) is 3.08. The zero-order valence-electron chi connectivity index (χ0n) is 7.84. The minimum Gasteiger partial charge on any atom is -0.508 e. The highest BCUT2D eigenvalue weighted by molar-refractivity contribution is 5.97. The first-order valence-corrected chi connectivity index (χ1v) is 4.06. The van der Waals surface area contributed by atoms with Gasteiger partial charge in [-0.1, -0.05) is 0 Å². The predicted molar refractivity (Wildman–Crippen MR) is 47.8 cm³/mol. The molecule has 2 nitrogen and oxygen atoms in total. The van der Waals surface area contributed by atoms with Crippen LogP contribution < -0.4 is 0 Å². The van der Waals surface area contributed by atoms with Gasteiger partial charge in [0.1, 0.15) is 5.75 Å². The van der Waals surface area contributed by atoms with Crippen LogP contribution in [0, 0.1) is 6.92 Å². The summed E-state index contributed by atoms with van der Waals surface area (Å²) in [6.07, 6.45) is -2.75. The van der Waals surface area contributed by atoms with Crippen molar-refractivity contribution in [3.8, 4) is 5.75 Å². The smallest absolute Gasteiger partial charge is 0.264 e. The summed E-state index contributed by atoms with van der Waals surface area (Å²) in [7, 11) is 0. The quantitative estimate of drug-likeness (QED) is 0.745. The van der Waals surface area contributed by atoms with E-state index < -0.39 is 17.8 Å². The number of phenolic OH excluding ortho intramolecular Hbond substituents is 1. The van der Waals surface area contributed by atoms with Crippen LogP contribution in [0.2, 0.25) is 0 Å². The fourth-order valence-electron chi connectivity index (χ4n) is 1.45. The fourth-order valence-corrected chi connectivity index (χ4v) is 1.45. The number of aromatic hydroxyl groups is 1. The molecule has 0 fully saturated rings. The van der Waals surface area contributed by atoms with E-state index in [2.05, 4.69) is 0 Å². The van der Waals surface area contributed by atoms with Crippen molar-refractivity contribution >= 4 is 5.78 Å². The number of hydrogen-bond donors (Lipinski definition) is 1. The lowest BCUT2D eigenvalue weighted by atomic mass is 9.98. The number of ketones is 1. The van der Waals surface area contributed by atoms with Crippen LogP contribution in [0.4, 0.5) is 8.78 Å². The van der Waals surface area contributed by atoms with Gasteiger partial charge in [-0.2, -0.15) is 0 Å². The molecule has 0 aliphatic carbocycles. The number of carbonyl (C=O) groups excluding carboxylic acids is 1. The molecule has 0 unspecified atom stereocenters. The minimum absolute atomic E-state index is 0.00204. The Kier molecular flexibility index (Phi) is 2.84. The Labute approximate surface area is 80.2 Å². The number of phenols is 1. The first-order valence-electron chi connectivity index (χ1n) is 4.06. The van der Waals surface area contributed by atoms with Crippen molar-refractivity contribution in [3.63, 3.8) is 0 Å². The predicted octanol–water partition coefficient (Wildman–Crippen LogP) is 2.84. The van der Waals surface area contributed by atoms with Gasteiger partial charge in [0.25, 0.3) is 6.43 Å². The number of benzene rings is 1. The van der Waals surface area contributed by atoms with Crippen LogP contribution in [0.25, 0.3) is 0 Å². The van der Waals surface area contributed by atoms with E-state index in [0.717, 1.165) is 6.07 Å². The summed E-state index contributed by atoms with van der Waals surface area (Å²) in [6.45, 7) is 2.74. The number of hydrogen-bond acceptors (Lipinski definition) is 2. The Hall–Kier alpha value is -1.45. The first-order chi connectivity index (χ1) is 6.43. The molecule has 1 aromatic carbocycles. The molecule has 76 valence electrons. The standard InChI is InChI=1S/C10H10F2O2/c1-5-3-7(14)4-8(10(11)12)9(5)6(2)13/h3-4,10,14H,1-2H3. The van der Waals surface area contributed by atoms with Gasteiger partial charge in [-0.05, 0) is 31.5 Å². The second-order valence-corrected chi connectivity index (χ2v) is 3.08. The van der Waals surface area contributed by atoms with Gasteiger partial charge < -0.3 is 5.11 Å². The monoisotopic (exact) mass is 200 g/mol. The molecule has 1 N–H and O–H groups in total. The largest absolute Gasteiger partial charge is 0.508 e. The maximum atomic E-state index is 12.5. The summed E-state index contributed by atoms with van der Waals surface area (Å²) in [5.74, 6) is -0.666. The van der Waals surface area contributed by atoms with Crippen molar-refractivity contribution in [3.05, 3.63) is 28.8 Å². The molecule has 0 atom stereocenters. The zero-order valence-corrected chi connectivity index (χ0v) is 7.84. The molecule has 4 heteroatoms. The van der Waals surface area contributed by atoms with E-state index in [9.17, 15) is 13.6 Å². The number of carbonyl (C=O) groups is 1. The Morgan fingerprint density at radius 2 is 2.00 bits per heavy atom. The Bertz CT molecular complexity index is 373. The van der Waals surface area contributed by atoms with Crippen molar-refractivity contribution in [1.82, 2.24) is 0 Å². The average Bonchev–Trinajstić information content (AvgIpc) is 2.01. The minimum atomic E-state index is -2.75. The van der Waals surface area contributed by atoms with E-state index in [1.54, 1.807) is 0 Å². The van der Waals surface area contributed by atoms with Crippen LogP contribution in [0.15, 0.2) is 12.1 Å². The molecule has 0 aromatic heterocycles. The fraction of sp³-hybridized carbons (Fsp3) is 0.300. The van der Waals surface area contributed by atoms with Crippen LogP contribution in [-0.4, -0.2) is 10.9 Å². The average molecular weight is 200 g/mol. The SMILES string of the molecule is CC(=O)c1c(C)cc(O)cc1C(F)F. The normalized spacial score (nSPS) is 10.6. The van der Waals surface area contributed by atoms with Gasteiger partial charge in [0.2, 0.25) is 0 Å². The van der Waals surface area contributed by atoms with Crippen LogP contribution in [0.1, 0.15) is 34.8 Å². The molecule has 0 saturated heterocycles. The maximum Gasteiger partial charge on any atom is 0.264 e. The van der Waals surface area contributed by atoms with E-state index in [1.165, 1.54) is 19.9 Å². The summed E-state index contributed by atoms with van der Waals surface area (Å²) in [5, 5.41) is 9.10. The second kappa shape index (κ2) is 3.74. The molecule has 0 saturated carbocycles. The zero-order chi connectivity index (χ0) is 10.9. The van der Waals surface area contributed by atoms with Crippen molar-refractivity contribution in [2.45, 2.75) is 20.3 Å². The Morgan fingerprint density at radius 1 is 1.43 bits per heavy atom. The molecule has 1 aromatic rings. The third kappa shape index (κ3) is 1.89. The molecule has 0 heterocycles. The molecule has 1 rings (SSSR count). The molecule has 0 aliphatic rings. The molecule has 0 spiro atoms. The van der Waals surface area contributed by atoms with Crippen LogP contribution in [-0.2, 0) is 0 Å². The summed E-state index contributed by atoms with van der Waals surface area (Å²) >= 11 is 0. The lowest BCUT2D eigenvalue weighted by molar-refractivity contribution is 0.0998. The molecule has 0 bridgehead atoms. The highest BCUT2D eigenvalue weighted by Crippen LogP contribution is 2.29. The van der Waals surface area contributed by atoms with Crippen molar-refractivity contribution in [2.75, 3.05) is 0 Å². The number of rotatable bonds is 2. The van der Waals surface area contributed by atoms with Gasteiger partial charge >= 0.3 is 0 Å². The van der Waals surface area contributed by atoms with Gasteiger partial charge in [-0.3, -0.25) is 4.79 Å². The van der Waals surface area contributed by atoms with E-state index >= 15 is 0 Å². The van der Waals surface area contributed by atoms with Gasteiger partial charge in [-0.25, -0.2) is 8.78 Å². The summed E-state index contributed by atoms with van der Waals surface area (Å²) < 4.78 is 25.0. The van der Waals surface area contributed by atoms with E-state index in [1.807, 2.05) is 0 Å². The lowest BCUT2D eigenvalue weighted by Crippen LogP contribution is -2.03. The topological polar surface area (TPSA) is 37.3 Å². The lowest BCUT2D eigenvalue weighted by Gasteiger charge is -2.09. The van der Waals surface area contributed by atoms with Crippen molar-refractivity contribution < 1.29 is 18.7 Å². The highest BCUT2D eigenvalue weighted by Gasteiger charge is 2.18. The molecular formula is C10H10F2O2. The van der Waals surface area contributed by atoms with Crippen LogP contribution >= 0.6 is 0 Å². The summed E-state index contributed by atoms with van der Waals surface area (Å²) in [6, 6.07) is 2.22. The Morgan fingerprint density at radius 3 is 2.43 bits per heavy atom. The Balaban J connectivity index is 3.44. The highest BCUT2D eigenvalue weighted by atomic mass is 19.3. The van der Waals surface area contributed by atoms with Gasteiger partial charge in [0.05, 0.1) is 0 Å². The van der Waals surface area contributed by atoms with E-state index in [0.29, 0.717) is 5.56 Å². The molecule has 0 amide bonds. The van der Waals surface area contributed by atoms with Crippen LogP contribution in [0.3, 0.4) is 0 Å². The molecule has 0 aliphatic heterocycles. The number of alkyl halides is 2. The number of aryl methyl sites for hydroxylation is 1. The summed E-state index contributed by atoms with van der Waals surface area (Å²) in [5.41, 5.74) is -0.0411. The van der Waals surface area contributed by atoms with Gasteiger partial charge in [0.15, 0.2) is 5.78 Å². The van der Waals surface area contributed by atoms with Crippen molar-refractivity contribution in [2.24, 2.45) is 0 Å². The third-order valence-corrected chi connectivity index (χ3v) is 1.94. The van der Waals surface area contributed by atoms with E-state index in [4.69, 9.17) is 5.11 Å². The molecule has 0 radical (unpaired) electrons. The van der Waals surface area contributed by atoms with E-state index in [-0.39, 0.29) is 11.3 Å². The van der Waals surface area contributed by atoms with Gasteiger partial charge in [-0.15, -0.1) is 0 Å². The molecular weight excluding hydrogens is 190 g/mol. The maximum absolute atomic E-state index is 12.5. The molecule has 14 heavy (non-hydrogen) atoms. The van der Waals surface area contributed by atoms with Crippen LogP contribution in [0.5, 0.6) is 5.75 Å². The third-order valence-electron chi connectivity index (χ3n) is 1.94. The first kappa shape index (κ1) is 10.6. The van der Waals surface area contributed by atoms with Gasteiger partial charge in [0, 0.05) is 11.1 Å². The number of Topliss-reactive ketones (excluding diaryl/α,β-unsaturated/α-hetero) is 1. The van der Waals surface area contributed by atoms with Crippen molar-refractivity contribution in [1.29, 1.82) is 0 Å². The number of halogens is 2.